The van der Waals surface area contributed by atoms with E-state index >= 15 is 0 Å². The minimum Gasteiger partial charge on any atom is -0.412 e. The number of piperazine rings is 1. The molecule has 13 heteroatoms. The first-order valence-electron chi connectivity index (χ1n) is 12.7. The Morgan fingerprint density at radius 3 is 2.50 bits per heavy atom. The molecule has 4 aromatic rings. The fourth-order valence-electron chi connectivity index (χ4n) is 4.76. The molecule has 1 saturated heterocycles. The third kappa shape index (κ3) is 5.50. The summed E-state index contributed by atoms with van der Waals surface area (Å²) in [5.41, 5.74) is 1.64. The molecule has 0 unspecified atom stereocenters. The number of halogens is 2. The molecular weight excluding hydrogens is 557 g/mol. The first kappa shape index (κ1) is 27.9. The van der Waals surface area contributed by atoms with Crippen LogP contribution in [0.5, 0.6) is 0 Å². The average Bonchev–Trinajstić information content (AvgIpc) is 3.31. The number of carbonyl (C=O) groups excluding carboxylic acids is 1. The van der Waals surface area contributed by atoms with Gasteiger partial charge in [0.2, 0.25) is 5.95 Å². The second kappa shape index (κ2) is 11.8. The van der Waals surface area contributed by atoms with Crippen molar-refractivity contribution >= 4 is 51.8 Å². The van der Waals surface area contributed by atoms with Gasteiger partial charge in [-0.05, 0) is 24.3 Å². The molecule has 1 N–H and O–H groups in total. The molecule has 0 saturated carbocycles. The van der Waals surface area contributed by atoms with E-state index in [4.69, 9.17) is 32.8 Å². The molecule has 1 amide bonds. The monoisotopic (exact) mass is 585 g/mol. The number of anilines is 2. The van der Waals surface area contributed by atoms with Gasteiger partial charge in [0.05, 0.1) is 27.9 Å². The lowest BCUT2D eigenvalue weighted by Gasteiger charge is -2.34. The molecule has 3 aromatic heterocycles. The Morgan fingerprint density at radius 1 is 1.10 bits per heavy atom. The maximum Gasteiger partial charge on any atom is 0.293 e. The molecule has 0 atom stereocenters. The number of carbonyl (C=O) groups is 1. The van der Waals surface area contributed by atoms with Crippen molar-refractivity contribution < 1.29 is 14.4 Å². The lowest BCUT2D eigenvalue weighted by atomic mass is 10.1. The van der Waals surface area contributed by atoms with E-state index in [2.05, 4.69) is 20.2 Å². The number of ether oxygens (including phenoxy) is 1. The zero-order chi connectivity index (χ0) is 28.4. The molecule has 4 heterocycles. The lowest BCUT2D eigenvalue weighted by molar-refractivity contribution is 0.0585. The molecule has 1 aliphatic heterocycles. The number of rotatable bonds is 8. The lowest BCUT2D eigenvalue weighted by Crippen LogP contribution is -2.49. The van der Waals surface area contributed by atoms with Gasteiger partial charge in [0, 0.05) is 70.2 Å². The third-order valence-electron chi connectivity index (χ3n) is 6.87. The van der Waals surface area contributed by atoms with Crippen LogP contribution in [0.15, 0.2) is 47.5 Å². The van der Waals surface area contributed by atoms with Crippen LogP contribution in [0.1, 0.15) is 10.5 Å². The maximum atomic E-state index is 13.3. The summed E-state index contributed by atoms with van der Waals surface area (Å²) in [5, 5.41) is 4.36. The van der Waals surface area contributed by atoms with E-state index in [9.17, 15) is 9.59 Å². The highest BCUT2D eigenvalue weighted by Gasteiger charge is 2.24. The van der Waals surface area contributed by atoms with Gasteiger partial charge in [-0.2, -0.15) is 4.98 Å². The summed E-state index contributed by atoms with van der Waals surface area (Å²) in [6.07, 6.45) is 3.37. The summed E-state index contributed by atoms with van der Waals surface area (Å²) in [6, 6.07) is 8.43. The van der Waals surface area contributed by atoms with E-state index in [1.807, 2.05) is 11.9 Å². The number of fused-ring (bicyclic) bond motifs is 1. The van der Waals surface area contributed by atoms with Gasteiger partial charge in [-0.1, -0.05) is 29.3 Å². The molecule has 5 rings (SSSR count). The Balaban J connectivity index is 1.38. The Hall–Kier alpha value is -3.64. The smallest absolute Gasteiger partial charge is 0.293 e. The van der Waals surface area contributed by atoms with E-state index in [1.54, 1.807) is 54.4 Å². The van der Waals surface area contributed by atoms with Crippen molar-refractivity contribution in [2.45, 2.75) is 0 Å². The van der Waals surface area contributed by atoms with Crippen LogP contribution in [-0.2, 0) is 11.8 Å². The molecule has 0 aliphatic carbocycles. The van der Waals surface area contributed by atoms with Gasteiger partial charge in [0.15, 0.2) is 5.65 Å². The van der Waals surface area contributed by atoms with Gasteiger partial charge >= 0.3 is 0 Å². The number of aromatic nitrogens is 4. The minimum atomic E-state index is -0.468. The fraction of sp³-hybridized carbons (Fsp3) is 0.333. The van der Waals surface area contributed by atoms with Crippen molar-refractivity contribution in [3.63, 3.8) is 0 Å². The molecule has 1 aliphatic rings. The third-order valence-corrected chi connectivity index (χ3v) is 7.50. The molecule has 11 nitrogen and oxygen atoms in total. The number of benzene rings is 1. The van der Waals surface area contributed by atoms with Crippen LogP contribution in [-0.4, -0.2) is 88.5 Å². The van der Waals surface area contributed by atoms with Crippen molar-refractivity contribution in [2.24, 2.45) is 7.05 Å². The molecule has 40 heavy (non-hydrogen) atoms. The SMILES string of the molecule is COCCN1CCN(C(=O)c2cc(Nc3ncc4cc(-c5c(Cl)cccc5Cl)c(=O)n(OC)c4n3)cn2C)CC1. The van der Waals surface area contributed by atoms with Crippen LogP contribution < -0.4 is 15.7 Å². The zero-order valence-electron chi connectivity index (χ0n) is 22.4. The van der Waals surface area contributed by atoms with E-state index in [0.717, 1.165) is 24.4 Å². The van der Waals surface area contributed by atoms with Crippen LogP contribution in [0.2, 0.25) is 10.0 Å². The van der Waals surface area contributed by atoms with Crippen LogP contribution in [0.4, 0.5) is 11.6 Å². The number of methoxy groups -OCH3 is 1. The van der Waals surface area contributed by atoms with Crippen LogP contribution >= 0.6 is 23.2 Å². The summed E-state index contributed by atoms with van der Waals surface area (Å²) < 4.78 is 8.00. The molecule has 0 bridgehead atoms. The van der Waals surface area contributed by atoms with Crippen molar-refractivity contribution in [3.05, 3.63) is 68.8 Å². The average molecular weight is 586 g/mol. The first-order chi connectivity index (χ1) is 19.3. The van der Waals surface area contributed by atoms with Crippen LogP contribution in [0.25, 0.3) is 22.2 Å². The topological polar surface area (TPSA) is 107 Å². The summed E-state index contributed by atoms with van der Waals surface area (Å²) >= 11 is 12.7. The Bertz CT molecular complexity index is 1590. The van der Waals surface area contributed by atoms with Gasteiger partial charge in [0.25, 0.3) is 11.5 Å². The fourth-order valence-corrected chi connectivity index (χ4v) is 5.37. The largest absolute Gasteiger partial charge is 0.412 e. The second-order valence-electron chi connectivity index (χ2n) is 9.39. The summed E-state index contributed by atoms with van der Waals surface area (Å²) in [5.74, 6) is 0.193. The standard InChI is InChI=1S/C27H29Cl2N7O4/c1-33-16-18(14-22(33)26(38)35-9-7-34(8-10-35)11-12-39-2)31-27-30-15-17-13-19(23-20(28)5-4-6-21(23)29)25(37)36(40-3)24(17)32-27/h4-6,13-16H,7-12H2,1-3H3,(H,30,31,32). The number of hydrogen-bond donors (Lipinski definition) is 1. The van der Waals surface area contributed by atoms with Crippen molar-refractivity contribution in [3.8, 4) is 11.1 Å². The molecule has 210 valence electrons. The minimum absolute atomic E-state index is 0.0413. The zero-order valence-corrected chi connectivity index (χ0v) is 23.9. The van der Waals surface area contributed by atoms with Gasteiger partial charge in [0.1, 0.15) is 12.8 Å². The van der Waals surface area contributed by atoms with Crippen LogP contribution in [0, 0.1) is 0 Å². The van der Waals surface area contributed by atoms with E-state index in [0.29, 0.717) is 52.1 Å². The van der Waals surface area contributed by atoms with Crippen molar-refractivity contribution in [2.75, 3.05) is 58.9 Å². The van der Waals surface area contributed by atoms with E-state index < -0.39 is 5.56 Å². The highest BCUT2D eigenvalue weighted by molar-refractivity contribution is 6.39. The predicted molar refractivity (Wildman–Crippen MR) is 155 cm³/mol. The van der Waals surface area contributed by atoms with Crippen molar-refractivity contribution in [1.82, 2.24) is 29.1 Å². The van der Waals surface area contributed by atoms with Crippen LogP contribution in [0.3, 0.4) is 0 Å². The predicted octanol–water partition coefficient (Wildman–Crippen LogP) is 3.31. The molecule has 1 fully saturated rings. The first-order valence-corrected chi connectivity index (χ1v) is 13.4. The normalized spacial score (nSPS) is 14.1. The highest BCUT2D eigenvalue weighted by atomic mass is 35.5. The Kier molecular flexibility index (Phi) is 8.27. The van der Waals surface area contributed by atoms with E-state index in [-0.39, 0.29) is 23.1 Å². The number of hydrogen-bond acceptors (Lipinski definition) is 8. The number of amides is 1. The van der Waals surface area contributed by atoms with Gasteiger partial charge in [-0.15, -0.1) is 4.73 Å². The summed E-state index contributed by atoms with van der Waals surface area (Å²) in [7, 11) is 4.88. The number of nitrogens with one attached hydrogen (secondary N) is 1. The Morgan fingerprint density at radius 2 is 1.82 bits per heavy atom. The molecular formula is C27H29Cl2N7O4. The van der Waals surface area contributed by atoms with Gasteiger partial charge in [-0.25, -0.2) is 4.98 Å². The highest BCUT2D eigenvalue weighted by Crippen LogP contribution is 2.33. The Labute approximate surface area is 240 Å². The van der Waals surface area contributed by atoms with Gasteiger partial charge < -0.3 is 24.4 Å². The van der Waals surface area contributed by atoms with Crippen molar-refractivity contribution in [1.29, 1.82) is 0 Å². The second-order valence-corrected chi connectivity index (χ2v) is 10.2. The summed E-state index contributed by atoms with van der Waals surface area (Å²) in [4.78, 5) is 45.0. The molecule has 0 spiro atoms. The quantitative estimate of drug-likeness (QED) is 0.335. The molecule has 0 radical (unpaired) electrons. The van der Waals surface area contributed by atoms with Gasteiger partial charge in [-0.3, -0.25) is 14.5 Å². The number of pyridine rings is 1. The molecule has 1 aromatic carbocycles. The maximum absolute atomic E-state index is 13.3. The van der Waals surface area contributed by atoms with E-state index in [1.165, 1.54) is 7.11 Å². The number of nitrogens with zero attached hydrogens (tertiary/aromatic N) is 6. The summed E-state index contributed by atoms with van der Waals surface area (Å²) in [6.45, 7) is 4.45. The number of aryl methyl sites for hydroxylation is 1.